The van der Waals surface area contributed by atoms with Crippen molar-refractivity contribution in [1.82, 2.24) is 4.31 Å². The van der Waals surface area contributed by atoms with Gasteiger partial charge in [0.05, 0.1) is 5.75 Å². The van der Waals surface area contributed by atoms with Gasteiger partial charge in [-0.3, -0.25) is 4.79 Å². The summed E-state index contributed by atoms with van der Waals surface area (Å²) < 4.78 is 26.1. The van der Waals surface area contributed by atoms with Gasteiger partial charge in [-0.2, -0.15) is 4.31 Å². The molecule has 134 valence electrons. The third kappa shape index (κ3) is 4.36. The van der Waals surface area contributed by atoms with Gasteiger partial charge in [-0.25, -0.2) is 8.42 Å². The fraction of sp³-hybridized carbons (Fsp3) is 0.611. The molecule has 0 aromatic heterocycles. The maximum absolute atomic E-state index is 12.3. The minimum Gasteiger partial charge on any atom is -0.326 e. The Morgan fingerprint density at radius 2 is 1.92 bits per heavy atom. The Labute approximate surface area is 145 Å². The van der Waals surface area contributed by atoms with Crippen molar-refractivity contribution in [3.63, 3.8) is 0 Å². The van der Waals surface area contributed by atoms with Crippen LogP contribution in [0.15, 0.2) is 18.2 Å². The molecule has 1 aliphatic heterocycles. The number of hydrogen-bond acceptors (Lipinski definition) is 3. The summed E-state index contributed by atoms with van der Waals surface area (Å²) in [4.78, 5) is 12.2. The average Bonchev–Trinajstić information content (AvgIpc) is 2.55. The van der Waals surface area contributed by atoms with E-state index in [1.807, 2.05) is 39.0 Å². The van der Waals surface area contributed by atoms with Crippen LogP contribution in [-0.2, 0) is 27.8 Å². The van der Waals surface area contributed by atoms with Crippen molar-refractivity contribution in [1.29, 1.82) is 0 Å². The quantitative estimate of drug-likeness (QED) is 0.820. The van der Waals surface area contributed by atoms with Crippen LogP contribution in [0.5, 0.6) is 0 Å². The normalized spacial score (nSPS) is 15.3. The number of benzene rings is 1. The molecule has 0 aliphatic carbocycles. The number of nitrogens with one attached hydrogen (secondary N) is 1. The molecule has 0 bridgehead atoms. The van der Waals surface area contributed by atoms with Gasteiger partial charge in [0.15, 0.2) is 0 Å². The van der Waals surface area contributed by atoms with Gasteiger partial charge in [0.1, 0.15) is 0 Å². The summed E-state index contributed by atoms with van der Waals surface area (Å²) in [5, 5.41) is 2.97. The number of nitrogens with zero attached hydrogens (tertiary/aromatic N) is 1. The van der Waals surface area contributed by atoms with Crippen molar-refractivity contribution >= 4 is 21.6 Å². The highest BCUT2D eigenvalue weighted by Crippen LogP contribution is 2.25. The second-order valence-electron chi connectivity index (χ2n) is 6.39. The van der Waals surface area contributed by atoms with Crippen molar-refractivity contribution in [3.8, 4) is 0 Å². The second kappa shape index (κ2) is 8.12. The Morgan fingerprint density at radius 1 is 1.21 bits per heavy atom. The van der Waals surface area contributed by atoms with E-state index in [1.54, 1.807) is 4.31 Å². The van der Waals surface area contributed by atoms with E-state index in [0.717, 1.165) is 30.5 Å². The van der Waals surface area contributed by atoms with Crippen LogP contribution in [-0.4, -0.2) is 30.9 Å². The second-order valence-corrected chi connectivity index (χ2v) is 8.47. The Kier molecular flexibility index (Phi) is 6.40. The third-order valence-corrected chi connectivity index (χ3v) is 6.69. The van der Waals surface area contributed by atoms with Crippen LogP contribution in [0.3, 0.4) is 0 Å². The number of carbonyl (C=O) groups is 1. The molecule has 0 saturated heterocycles. The van der Waals surface area contributed by atoms with Crippen molar-refractivity contribution in [2.24, 2.45) is 5.92 Å². The summed E-state index contributed by atoms with van der Waals surface area (Å²) in [6.07, 6.45) is 2.98. The molecule has 2 rings (SSSR count). The standard InChI is InChI=1S/C18H28N2O3S/c1-4-11-24(22,23)20-10-9-15-7-8-17(12-16(15)13-20)19-18(21)14(5-2)6-3/h7-8,12,14H,4-6,9-11,13H2,1-3H3,(H,19,21). The summed E-state index contributed by atoms with van der Waals surface area (Å²) >= 11 is 0. The molecular formula is C18H28N2O3S. The van der Waals surface area contributed by atoms with Crippen LogP contribution in [0.4, 0.5) is 5.69 Å². The van der Waals surface area contributed by atoms with E-state index in [4.69, 9.17) is 0 Å². The van der Waals surface area contributed by atoms with Gasteiger partial charge >= 0.3 is 0 Å². The molecule has 1 aromatic carbocycles. The lowest BCUT2D eigenvalue weighted by Gasteiger charge is -2.28. The first kappa shape index (κ1) is 18.9. The van der Waals surface area contributed by atoms with Crippen molar-refractivity contribution in [2.45, 2.75) is 53.0 Å². The first-order valence-corrected chi connectivity index (χ1v) is 10.4. The maximum atomic E-state index is 12.3. The highest BCUT2D eigenvalue weighted by molar-refractivity contribution is 7.89. The van der Waals surface area contributed by atoms with E-state index in [1.165, 1.54) is 5.56 Å². The fourth-order valence-corrected chi connectivity index (χ4v) is 4.62. The Balaban J connectivity index is 2.15. The SMILES string of the molecule is CCCS(=O)(=O)N1CCc2ccc(NC(=O)C(CC)CC)cc2C1. The molecule has 0 saturated carbocycles. The predicted octanol–water partition coefficient (Wildman–Crippen LogP) is 3.16. The van der Waals surface area contributed by atoms with Crippen molar-refractivity contribution in [3.05, 3.63) is 29.3 Å². The van der Waals surface area contributed by atoms with Gasteiger partial charge in [-0.05, 0) is 48.9 Å². The highest BCUT2D eigenvalue weighted by atomic mass is 32.2. The smallest absolute Gasteiger partial charge is 0.227 e. The molecule has 24 heavy (non-hydrogen) atoms. The zero-order chi connectivity index (χ0) is 17.7. The van der Waals surface area contributed by atoms with E-state index in [0.29, 0.717) is 19.5 Å². The van der Waals surface area contributed by atoms with Gasteiger partial charge < -0.3 is 5.32 Å². The molecule has 0 radical (unpaired) electrons. The van der Waals surface area contributed by atoms with Gasteiger partial charge in [0.2, 0.25) is 15.9 Å². The average molecular weight is 353 g/mol. The lowest BCUT2D eigenvalue weighted by atomic mass is 9.99. The molecule has 6 heteroatoms. The summed E-state index contributed by atoms with van der Waals surface area (Å²) in [6.45, 7) is 6.83. The van der Waals surface area contributed by atoms with Crippen molar-refractivity contribution < 1.29 is 13.2 Å². The number of carbonyl (C=O) groups excluding carboxylic acids is 1. The van der Waals surface area contributed by atoms with Crippen LogP contribution < -0.4 is 5.32 Å². The summed E-state index contributed by atoms with van der Waals surface area (Å²) in [5.41, 5.74) is 2.90. The number of anilines is 1. The topological polar surface area (TPSA) is 66.5 Å². The predicted molar refractivity (Wildman–Crippen MR) is 97.3 cm³/mol. The maximum Gasteiger partial charge on any atom is 0.227 e. The fourth-order valence-electron chi connectivity index (χ4n) is 3.14. The molecule has 0 unspecified atom stereocenters. The van der Waals surface area contributed by atoms with E-state index in [-0.39, 0.29) is 17.6 Å². The monoisotopic (exact) mass is 352 g/mol. The molecule has 0 atom stereocenters. The summed E-state index contributed by atoms with van der Waals surface area (Å²) in [6, 6.07) is 5.83. The minimum absolute atomic E-state index is 0.0162. The Hall–Kier alpha value is -1.40. The summed E-state index contributed by atoms with van der Waals surface area (Å²) in [5.74, 6) is 0.238. The van der Waals surface area contributed by atoms with Crippen molar-refractivity contribution in [2.75, 3.05) is 17.6 Å². The molecule has 0 fully saturated rings. The van der Waals surface area contributed by atoms with E-state index in [2.05, 4.69) is 5.32 Å². The molecule has 1 amide bonds. The molecule has 1 aliphatic rings. The van der Waals surface area contributed by atoms with E-state index < -0.39 is 10.0 Å². The van der Waals surface area contributed by atoms with Gasteiger partial charge in [-0.15, -0.1) is 0 Å². The number of rotatable bonds is 7. The Bertz CT molecular complexity index is 682. The van der Waals surface area contributed by atoms with E-state index >= 15 is 0 Å². The van der Waals surface area contributed by atoms with Crippen LogP contribution in [0.25, 0.3) is 0 Å². The zero-order valence-electron chi connectivity index (χ0n) is 14.8. The lowest BCUT2D eigenvalue weighted by molar-refractivity contribution is -0.120. The van der Waals surface area contributed by atoms with Crippen LogP contribution in [0.1, 0.15) is 51.2 Å². The molecule has 5 nitrogen and oxygen atoms in total. The van der Waals surface area contributed by atoms with Gasteiger partial charge in [0.25, 0.3) is 0 Å². The first-order valence-electron chi connectivity index (χ1n) is 8.81. The molecule has 1 heterocycles. The molecule has 0 spiro atoms. The van der Waals surface area contributed by atoms with Gasteiger partial charge in [-0.1, -0.05) is 26.8 Å². The summed E-state index contributed by atoms with van der Waals surface area (Å²) in [7, 11) is -3.19. The Morgan fingerprint density at radius 3 is 2.54 bits per heavy atom. The lowest BCUT2D eigenvalue weighted by Crippen LogP contribution is -2.37. The minimum atomic E-state index is -3.19. The van der Waals surface area contributed by atoms with E-state index in [9.17, 15) is 13.2 Å². The van der Waals surface area contributed by atoms with Gasteiger partial charge in [0, 0.05) is 24.7 Å². The molecule has 1 N–H and O–H groups in total. The first-order chi connectivity index (χ1) is 11.4. The van der Waals surface area contributed by atoms with Crippen LogP contribution >= 0.6 is 0 Å². The number of sulfonamides is 1. The highest BCUT2D eigenvalue weighted by Gasteiger charge is 2.26. The van der Waals surface area contributed by atoms with Crippen LogP contribution in [0.2, 0.25) is 0 Å². The molecular weight excluding hydrogens is 324 g/mol. The largest absolute Gasteiger partial charge is 0.326 e. The zero-order valence-corrected chi connectivity index (χ0v) is 15.7. The molecule has 1 aromatic rings. The number of amides is 1. The van der Waals surface area contributed by atoms with Crippen LogP contribution in [0, 0.1) is 5.92 Å². The third-order valence-electron chi connectivity index (χ3n) is 4.66. The number of hydrogen-bond donors (Lipinski definition) is 1. The number of fused-ring (bicyclic) bond motifs is 1.